The molecule has 0 spiro atoms. The highest BCUT2D eigenvalue weighted by Gasteiger charge is 2.08. The average molecular weight is 263 g/mol. The molecule has 0 radical (unpaired) electrons. The number of carbonyl (C=O) groups excluding carboxylic acids is 1. The molecule has 3 aromatic rings. The Hall–Kier alpha value is -2.75. The Balaban J connectivity index is 1.81. The van der Waals surface area contributed by atoms with Gasteiger partial charge in [0.2, 0.25) is 5.91 Å². The molecule has 1 aromatic carbocycles. The lowest BCUT2D eigenvalue weighted by molar-refractivity contribution is -0.115. The standard InChI is InChI=1S/C16H13N3O/c20-15(19-14-8-1-2-9-17-14)11-13-6-3-5-12-7-4-10-18-16(12)13/h1-10H,11H2,(H,17,19,20). The smallest absolute Gasteiger partial charge is 0.230 e. The predicted octanol–water partition coefficient (Wildman–Crippen LogP) is 2.81. The summed E-state index contributed by atoms with van der Waals surface area (Å²) in [7, 11) is 0. The van der Waals surface area contributed by atoms with Crippen LogP contribution in [0.3, 0.4) is 0 Å². The van der Waals surface area contributed by atoms with Crippen LogP contribution in [0.1, 0.15) is 5.56 Å². The van der Waals surface area contributed by atoms with Gasteiger partial charge < -0.3 is 5.32 Å². The summed E-state index contributed by atoms with van der Waals surface area (Å²) in [6, 6.07) is 15.1. The van der Waals surface area contributed by atoms with E-state index in [1.54, 1.807) is 18.5 Å². The van der Waals surface area contributed by atoms with Crippen LogP contribution >= 0.6 is 0 Å². The van der Waals surface area contributed by atoms with Crippen molar-refractivity contribution in [3.05, 3.63) is 66.5 Å². The highest BCUT2D eigenvalue weighted by atomic mass is 16.1. The van der Waals surface area contributed by atoms with Gasteiger partial charge in [-0.15, -0.1) is 0 Å². The Bertz CT molecular complexity index is 736. The van der Waals surface area contributed by atoms with Crippen molar-refractivity contribution in [2.24, 2.45) is 0 Å². The number of hydrogen-bond acceptors (Lipinski definition) is 3. The van der Waals surface area contributed by atoms with Gasteiger partial charge in [-0.25, -0.2) is 4.98 Å². The minimum absolute atomic E-state index is 0.0955. The molecule has 0 aliphatic carbocycles. The Kier molecular flexibility index (Phi) is 3.37. The summed E-state index contributed by atoms with van der Waals surface area (Å²) in [6.45, 7) is 0. The number of nitrogens with one attached hydrogen (secondary N) is 1. The summed E-state index contributed by atoms with van der Waals surface area (Å²) in [5.41, 5.74) is 1.78. The number of amides is 1. The van der Waals surface area contributed by atoms with E-state index in [-0.39, 0.29) is 12.3 Å². The Labute approximate surface area is 116 Å². The summed E-state index contributed by atoms with van der Waals surface area (Å²) < 4.78 is 0. The van der Waals surface area contributed by atoms with E-state index in [4.69, 9.17) is 0 Å². The SMILES string of the molecule is O=C(Cc1cccc2cccnc12)Nc1ccccn1. The van der Waals surface area contributed by atoms with Gasteiger partial charge in [0.05, 0.1) is 11.9 Å². The molecular formula is C16H13N3O. The van der Waals surface area contributed by atoms with Crippen LogP contribution in [0.15, 0.2) is 60.9 Å². The molecule has 20 heavy (non-hydrogen) atoms. The van der Waals surface area contributed by atoms with E-state index in [0.717, 1.165) is 16.5 Å². The summed E-state index contributed by atoms with van der Waals surface area (Å²) in [4.78, 5) is 20.5. The van der Waals surface area contributed by atoms with E-state index < -0.39 is 0 Å². The highest BCUT2D eigenvalue weighted by Crippen LogP contribution is 2.16. The number of nitrogens with zero attached hydrogens (tertiary/aromatic N) is 2. The number of anilines is 1. The van der Waals surface area contributed by atoms with Gasteiger partial charge in [0.25, 0.3) is 0 Å². The van der Waals surface area contributed by atoms with E-state index in [9.17, 15) is 4.79 Å². The minimum atomic E-state index is -0.0955. The normalized spacial score (nSPS) is 10.4. The zero-order chi connectivity index (χ0) is 13.8. The molecule has 0 aliphatic rings. The molecule has 1 amide bonds. The van der Waals surface area contributed by atoms with E-state index >= 15 is 0 Å². The molecule has 4 heteroatoms. The van der Waals surface area contributed by atoms with Gasteiger partial charge in [-0.1, -0.05) is 30.3 Å². The number of benzene rings is 1. The minimum Gasteiger partial charge on any atom is -0.310 e. The second-order valence-electron chi connectivity index (χ2n) is 4.43. The monoisotopic (exact) mass is 263 g/mol. The number of para-hydroxylation sites is 1. The molecule has 4 nitrogen and oxygen atoms in total. The zero-order valence-corrected chi connectivity index (χ0v) is 10.8. The fraction of sp³-hybridized carbons (Fsp3) is 0.0625. The Morgan fingerprint density at radius 1 is 0.950 bits per heavy atom. The van der Waals surface area contributed by atoms with Crippen LogP contribution in [0.4, 0.5) is 5.82 Å². The molecule has 0 fully saturated rings. The number of aromatic nitrogens is 2. The van der Waals surface area contributed by atoms with E-state index in [2.05, 4.69) is 15.3 Å². The summed E-state index contributed by atoms with van der Waals surface area (Å²) in [6.07, 6.45) is 3.67. The molecule has 0 atom stereocenters. The van der Waals surface area contributed by atoms with Gasteiger partial charge in [0.1, 0.15) is 5.82 Å². The first kappa shape index (κ1) is 12.3. The van der Waals surface area contributed by atoms with Gasteiger partial charge >= 0.3 is 0 Å². The largest absolute Gasteiger partial charge is 0.310 e. The van der Waals surface area contributed by atoms with Crippen LogP contribution in [0, 0.1) is 0 Å². The van der Waals surface area contributed by atoms with E-state index in [1.807, 2.05) is 42.5 Å². The van der Waals surface area contributed by atoms with Gasteiger partial charge in [0.15, 0.2) is 0 Å². The maximum Gasteiger partial charge on any atom is 0.230 e. The van der Waals surface area contributed by atoms with E-state index in [1.165, 1.54) is 0 Å². The van der Waals surface area contributed by atoms with Gasteiger partial charge in [-0.2, -0.15) is 0 Å². The lowest BCUT2D eigenvalue weighted by Crippen LogP contribution is -2.15. The van der Waals surface area contributed by atoms with Crippen LogP contribution in [-0.2, 0) is 11.2 Å². The molecule has 0 saturated carbocycles. The predicted molar refractivity (Wildman–Crippen MR) is 78.3 cm³/mol. The molecule has 3 rings (SSSR count). The van der Waals surface area contributed by atoms with Crippen molar-refractivity contribution in [3.63, 3.8) is 0 Å². The maximum absolute atomic E-state index is 12.0. The van der Waals surface area contributed by atoms with Gasteiger partial charge in [0, 0.05) is 17.8 Å². The van der Waals surface area contributed by atoms with Gasteiger partial charge in [-0.3, -0.25) is 9.78 Å². The number of pyridine rings is 2. The molecule has 1 N–H and O–H groups in total. The number of hydrogen-bond donors (Lipinski definition) is 1. The highest BCUT2D eigenvalue weighted by molar-refractivity contribution is 5.94. The van der Waals surface area contributed by atoms with Crippen LogP contribution in [-0.4, -0.2) is 15.9 Å². The quantitative estimate of drug-likeness (QED) is 0.790. The van der Waals surface area contributed by atoms with Crippen LogP contribution in [0.25, 0.3) is 10.9 Å². The van der Waals surface area contributed by atoms with Crippen molar-refractivity contribution >= 4 is 22.6 Å². The lowest BCUT2D eigenvalue weighted by Gasteiger charge is -2.06. The Morgan fingerprint density at radius 2 is 1.80 bits per heavy atom. The molecule has 0 unspecified atom stereocenters. The first-order chi connectivity index (χ1) is 9.83. The zero-order valence-electron chi connectivity index (χ0n) is 10.8. The third kappa shape index (κ3) is 2.64. The van der Waals surface area contributed by atoms with Crippen molar-refractivity contribution in [1.82, 2.24) is 9.97 Å². The Morgan fingerprint density at radius 3 is 2.65 bits per heavy atom. The molecule has 2 heterocycles. The second-order valence-corrected chi connectivity index (χ2v) is 4.43. The number of carbonyl (C=O) groups is 1. The summed E-state index contributed by atoms with van der Waals surface area (Å²) in [5.74, 6) is 0.465. The second kappa shape index (κ2) is 5.48. The first-order valence-electron chi connectivity index (χ1n) is 6.36. The summed E-state index contributed by atoms with van der Waals surface area (Å²) >= 11 is 0. The lowest BCUT2D eigenvalue weighted by atomic mass is 10.1. The molecule has 0 bridgehead atoms. The number of rotatable bonds is 3. The van der Waals surface area contributed by atoms with E-state index in [0.29, 0.717) is 5.82 Å². The molecule has 98 valence electrons. The first-order valence-corrected chi connectivity index (χ1v) is 6.36. The molecule has 0 saturated heterocycles. The van der Waals surface area contributed by atoms with Crippen LogP contribution in [0.2, 0.25) is 0 Å². The molecular weight excluding hydrogens is 250 g/mol. The number of fused-ring (bicyclic) bond motifs is 1. The fourth-order valence-electron chi connectivity index (χ4n) is 2.11. The molecule has 2 aromatic heterocycles. The van der Waals surface area contributed by atoms with Crippen LogP contribution < -0.4 is 5.32 Å². The van der Waals surface area contributed by atoms with Crippen molar-refractivity contribution in [1.29, 1.82) is 0 Å². The third-order valence-electron chi connectivity index (χ3n) is 3.00. The third-order valence-corrected chi connectivity index (χ3v) is 3.00. The van der Waals surface area contributed by atoms with Crippen molar-refractivity contribution < 1.29 is 4.79 Å². The fourth-order valence-corrected chi connectivity index (χ4v) is 2.11. The topological polar surface area (TPSA) is 54.9 Å². The average Bonchev–Trinajstić information content (AvgIpc) is 2.48. The summed E-state index contributed by atoms with van der Waals surface area (Å²) in [5, 5.41) is 3.81. The van der Waals surface area contributed by atoms with Crippen molar-refractivity contribution in [3.8, 4) is 0 Å². The van der Waals surface area contributed by atoms with Crippen LogP contribution in [0.5, 0.6) is 0 Å². The van der Waals surface area contributed by atoms with Gasteiger partial charge in [-0.05, 0) is 23.8 Å². The maximum atomic E-state index is 12.0. The van der Waals surface area contributed by atoms with Crippen molar-refractivity contribution in [2.75, 3.05) is 5.32 Å². The van der Waals surface area contributed by atoms with Crippen molar-refractivity contribution in [2.45, 2.75) is 6.42 Å². The molecule has 0 aliphatic heterocycles.